The van der Waals surface area contributed by atoms with Crippen LogP contribution in [-0.2, 0) is 0 Å². The molecule has 2 aromatic carbocycles. The molecule has 3 rings (SSSR count). The van der Waals surface area contributed by atoms with Gasteiger partial charge in [0.1, 0.15) is 0 Å². The normalized spacial score (nSPS) is 12.7. The molecule has 1 atom stereocenters. The van der Waals surface area contributed by atoms with Crippen molar-refractivity contribution in [2.75, 3.05) is 0 Å². The number of hydrogen-bond donors (Lipinski definition) is 3. The lowest BCUT2D eigenvalue weighted by atomic mass is 10.0. The maximum absolute atomic E-state index is 5.61. The van der Waals surface area contributed by atoms with Gasteiger partial charge in [-0.1, -0.05) is 42.5 Å². The number of nitrogens with two attached hydrogens (primary N) is 2. The fourth-order valence-corrected chi connectivity index (χ4v) is 2.79. The van der Waals surface area contributed by atoms with Gasteiger partial charge in [0.05, 0.1) is 11.6 Å². The van der Waals surface area contributed by atoms with Gasteiger partial charge >= 0.3 is 0 Å². The van der Waals surface area contributed by atoms with Gasteiger partial charge in [-0.2, -0.15) is 4.99 Å². The van der Waals surface area contributed by atoms with Crippen molar-refractivity contribution < 1.29 is 0 Å². The Morgan fingerprint density at radius 2 is 1.62 bits per heavy atom. The van der Waals surface area contributed by atoms with E-state index in [4.69, 9.17) is 16.5 Å². The topological polar surface area (TPSA) is 102 Å². The number of aliphatic imine (C=N–C) groups is 1. The molecule has 1 aromatic heterocycles. The van der Waals surface area contributed by atoms with E-state index in [0.29, 0.717) is 11.6 Å². The summed E-state index contributed by atoms with van der Waals surface area (Å²) in [6, 6.07) is 17.6. The third-order valence-electron chi connectivity index (χ3n) is 3.80. The van der Waals surface area contributed by atoms with Crippen LogP contribution in [0, 0.1) is 0 Å². The molecule has 5 N–H and O–H groups in total. The Balaban J connectivity index is 2.20. The fourth-order valence-electron chi connectivity index (χ4n) is 2.79. The second-order valence-electron chi connectivity index (χ2n) is 7.20. The number of benzene rings is 2. The average Bonchev–Trinajstić information content (AvgIpc) is 2.59. The Hall–Kier alpha value is -2.99. The first-order valence-electron chi connectivity index (χ1n) is 8.52. The van der Waals surface area contributed by atoms with Crippen LogP contribution >= 0.6 is 0 Å². The van der Waals surface area contributed by atoms with Gasteiger partial charge in [-0.25, -0.2) is 9.97 Å². The van der Waals surface area contributed by atoms with Gasteiger partial charge in [-0.3, -0.25) is 5.32 Å². The van der Waals surface area contributed by atoms with Crippen LogP contribution in [-0.4, -0.2) is 21.5 Å². The van der Waals surface area contributed by atoms with Crippen LogP contribution in [0.3, 0.4) is 0 Å². The predicted molar refractivity (Wildman–Crippen MR) is 106 cm³/mol. The third kappa shape index (κ3) is 4.15. The van der Waals surface area contributed by atoms with Crippen LogP contribution in [0.15, 0.2) is 59.6 Å². The molecule has 0 aliphatic rings. The second-order valence-corrected chi connectivity index (χ2v) is 7.20. The zero-order chi connectivity index (χ0) is 18.7. The number of nitrogens with one attached hydrogen (secondary N) is 1. The number of fused-ring (bicyclic) bond motifs is 1. The number of hydrogen-bond acceptors (Lipinski definition) is 4. The van der Waals surface area contributed by atoms with Gasteiger partial charge in [0.25, 0.3) is 0 Å². The molecule has 134 valence electrons. The molecule has 26 heavy (non-hydrogen) atoms. The van der Waals surface area contributed by atoms with Crippen molar-refractivity contribution in [3.63, 3.8) is 0 Å². The highest BCUT2D eigenvalue weighted by Crippen LogP contribution is 2.28. The van der Waals surface area contributed by atoms with Crippen LogP contribution in [0.4, 0.5) is 5.82 Å². The van der Waals surface area contributed by atoms with Crippen LogP contribution in [0.1, 0.15) is 38.2 Å². The summed E-state index contributed by atoms with van der Waals surface area (Å²) in [6.07, 6.45) is 0. The molecule has 0 saturated carbocycles. The van der Waals surface area contributed by atoms with E-state index < -0.39 is 0 Å². The van der Waals surface area contributed by atoms with E-state index in [2.05, 4.69) is 48.2 Å². The van der Waals surface area contributed by atoms with Gasteiger partial charge in [0.15, 0.2) is 17.6 Å². The molecule has 1 heterocycles. The van der Waals surface area contributed by atoms with Crippen LogP contribution in [0.5, 0.6) is 0 Å². The van der Waals surface area contributed by atoms with Crippen LogP contribution < -0.4 is 16.8 Å². The van der Waals surface area contributed by atoms with Gasteiger partial charge in [0, 0.05) is 10.9 Å². The summed E-state index contributed by atoms with van der Waals surface area (Å²) in [5.41, 5.74) is 13.0. The van der Waals surface area contributed by atoms with Gasteiger partial charge in [0.2, 0.25) is 0 Å². The van der Waals surface area contributed by atoms with E-state index in [-0.39, 0.29) is 17.5 Å². The molecular formula is C20H24N6. The lowest BCUT2D eigenvalue weighted by Gasteiger charge is -2.28. The molecule has 0 aliphatic heterocycles. The highest BCUT2D eigenvalue weighted by Gasteiger charge is 2.24. The minimum Gasteiger partial charge on any atom is -0.370 e. The van der Waals surface area contributed by atoms with E-state index >= 15 is 0 Å². The Morgan fingerprint density at radius 3 is 2.27 bits per heavy atom. The van der Waals surface area contributed by atoms with Crippen molar-refractivity contribution in [2.45, 2.75) is 32.4 Å². The number of nitrogens with zero attached hydrogens (tertiary/aromatic N) is 3. The maximum atomic E-state index is 5.61. The minimum atomic E-state index is -0.186. The summed E-state index contributed by atoms with van der Waals surface area (Å²) in [7, 11) is 0. The molecule has 0 radical (unpaired) electrons. The lowest BCUT2D eigenvalue weighted by molar-refractivity contribution is 0.383. The lowest BCUT2D eigenvalue weighted by Crippen LogP contribution is -2.40. The SMILES string of the molecule is CC(C)(C)NC(c1ccccc1)c1nc(N=C(N)N)c2ccccc2n1. The smallest absolute Gasteiger partial charge is 0.192 e. The van der Waals surface area contributed by atoms with Crippen molar-refractivity contribution in [2.24, 2.45) is 16.5 Å². The van der Waals surface area contributed by atoms with Crippen molar-refractivity contribution in [3.8, 4) is 0 Å². The number of guanidine groups is 1. The molecule has 3 aromatic rings. The van der Waals surface area contributed by atoms with Crippen LogP contribution in [0.2, 0.25) is 0 Å². The molecule has 6 heteroatoms. The predicted octanol–water partition coefficient (Wildman–Crippen LogP) is 3.01. The molecule has 6 nitrogen and oxygen atoms in total. The zero-order valence-electron chi connectivity index (χ0n) is 15.3. The van der Waals surface area contributed by atoms with Crippen molar-refractivity contribution >= 4 is 22.7 Å². The number of aromatic nitrogens is 2. The molecule has 0 amide bonds. The van der Waals surface area contributed by atoms with E-state index in [0.717, 1.165) is 16.5 Å². The van der Waals surface area contributed by atoms with Gasteiger partial charge < -0.3 is 11.5 Å². The third-order valence-corrected chi connectivity index (χ3v) is 3.80. The van der Waals surface area contributed by atoms with Crippen molar-refractivity contribution in [1.29, 1.82) is 0 Å². The Bertz CT molecular complexity index is 924. The average molecular weight is 348 g/mol. The van der Waals surface area contributed by atoms with Crippen molar-refractivity contribution in [1.82, 2.24) is 15.3 Å². The summed E-state index contributed by atoms with van der Waals surface area (Å²) in [6.45, 7) is 6.34. The second kappa shape index (κ2) is 7.09. The number of para-hydroxylation sites is 1. The fraction of sp³-hybridized carbons (Fsp3) is 0.250. The minimum absolute atomic E-state index is 0.0279. The van der Waals surface area contributed by atoms with Crippen molar-refractivity contribution in [3.05, 3.63) is 66.0 Å². The Morgan fingerprint density at radius 1 is 0.962 bits per heavy atom. The zero-order valence-corrected chi connectivity index (χ0v) is 15.3. The molecular weight excluding hydrogens is 324 g/mol. The monoisotopic (exact) mass is 348 g/mol. The van der Waals surface area contributed by atoms with Crippen LogP contribution in [0.25, 0.3) is 10.9 Å². The first-order chi connectivity index (χ1) is 12.3. The first-order valence-corrected chi connectivity index (χ1v) is 8.52. The molecule has 0 bridgehead atoms. The summed E-state index contributed by atoms with van der Waals surface area (Å²) >= 11 is 0. The molecule has 0 aliphatic carbocycles. The highest BCUT2D eigenvalue weighted by molar-refractivity contribution is 5.91. The molecule has 0 spiro atoms. The van der Waals surface area contributed by atoms with Gasteiger partial charge in [-0.15, -0.1) is 0 Å². The number of rotatable bonds is 4. The Kier molecular flexibility index (Phi) is 4.86. The maximum Gasteiger partial charge on any atom is 0.192 e. The molecule has 0 saturated heterocycles. The highest BCUT2D eigenvalue weighted by atomic mass is 15.1. The Labute approximate surface area is 153 Å². The molecule has 1 unspecified atom stereocenters. The summed E-state index contributed by atoms with van der Waals surface area (Å²) in [5.74, 6) is 1.08. The first kappa shape index (κ1) is 17.8. The van der Waals surface area contributed by atoms with E-state index in [1.807, 2.05) is 42.5 Å². The van der Waals surface area contributed by atoms with E-state index in [1.165, 1.54) is 0 Å². The molecule has 0 fully saturated rings. The summed E-state index contributed by atoms with van der Waals surface area (Å²) in [4.78, 5) is 13.7. The standard InChI is InChI=1S/C20H24N6/c1-20(2,3)26-16(13-9-5-4-6-10-13)18-23-15-12-8-7-11-14(15)17(24-18)25-19(21)22/h4-12,16,26H,1-3H3,(H4,21,22,23,24,25). The summed E-state index contributed by atoms with van der Waals surface area (Å²) in [5, 5.41) is 4.41. The van der Waals surface area contributed by atoms with E-state index in [1.54, 1.807) is 0 Å². The quantitative estimate of drug-likeness (QED) is 0.497. The van der Waals surface area contributed by atoms with E-state index in [9.17, 15) is 0 Å². The van der Waals surface area contributed by atoms with Gasteiger partial charge in [-0.05, 0) is 38.5 Å². The summed E-state index contributed by atoms with van der Waals surface area (Å²) < 4.78 is 0. The largest absolute Gasteiger partial charge is 0.370 e.